The first kappa shape index (κ1) is 17.4. The van der Waals surface area contributed by atoms with Crippen molar-refractivity contribution in [3.8, 4) is 10.9 Å². The fourth-order valence-electron chi connectivity index (χ4n) is 4.18. The molecule has 2 amide bonds. The number of pyridine rings is 1. The highest BCUT2D eigenvalue weighted by Crippen LogP contribution is 2.31. The zero-order valence-electron chi connectivity index (χ0n) is 15.3. The number of urea groups is 1. The zero-order chi connectivity index (χ0) is 19.1. The Morgan fingerprint density at radius 2 is 2.07 bits per heavy atom. The molecule has 2 fully saturated rings. The Morgan fingerprint density at radius 3 is 2.79 bits per heavy atom. The van der Waals surface area contributed by atoms with Crippen molar-refractivity contribution in [1.29, 1.82) is 0 Å². The zero-order valence-corrected chi connectivity index (χ0v) is 16.1. The van der Waals surface area contributed by atoms with E-state index in [1.54, 1.807) is 6.20 Å². The maximum absolute atomic E-state index is 11.4. The van der Waals surface area contributed by atoms with Gasteiger partial charge in [0, 0.05) is 37.9 Å². The van der Waals surface area contributed by atoms with E-state index >= 15 is 0 Å². The first-order valence-electron chi connectivity index (χ1n) is 9.44. The summed E-state index contributed by atoms with van der Waals surface area (Å²) in [5.74, 6) is 0.778. The van der Waals surface area contributed by atoms with E-state index in [1.807, 2.05) is 29.2 Å². The van der Waals surface area contributed by atoms with E-state index in [9.17, 15) is 4.79 Å². The Balaban J connectivity index is 1.17. The van der Waals surface area contributed by atoms with Crippen LogP contribution in [0.2, 0.25) is 0 Å². The van der Waals surface area contributed by atoms with E-state index < -0.39 is 0 Å². The number of piperazine rings is 1. The lowest BCUT2D eigenvalue weighted by Crippen LogP contribution is -2.50. The Morgan fingerprint density at radius 1 is 1.21 bits per heavy atom. The van der Waals surface area contributed by atoms with E-state index in [2.05, 4.69) is 27.0 Å². The second-order valence-corrected chi connectivity index (χ2v) is 8.32. The summed E-state index contributed by atoms with van der Waals surface area (Å²) >= 11 is 1.49. The fourth-order valence-corrected chi connectivity index (χ4v) is 4.98. The molecule has 0 saturated carbocycles. The summed E-state index contributed by atoms with van der Waals surface area (Å²) in [4.78, 5) is 24.3. The van der Waals surface area contributed by atoms with Crippen molar-refractivity contribution in [2.24, 2.45) is 5.73 Å². The van der Waals surface area contributed by atoms with E-state index in [0.29, 0.717) is 22.9 Å². The Labute approximate surface area is 166 Å². The normalized spacial score (nSPS) is 21.5. The SMILES string of the molecule is NC(=O)N1CC2CC1CN2CCc1ccc(Oc2nc3ncccc3s2)cc1. The number of nitrogens with zero attached hydrogens (tertiary/aromatic N) is 4. The summed E-state index contributed by atoms with van der Waals surface area (Å²) in [5.41, 5.74) is 7.42. The lowest BCUT2D eigenvalue weighted by Gasteiger charge is -2.33. The Kier molecular flexibility index (Phi) is 4.37. The van der Waals surface area contributed by atoms with Crippen LogP contribution < -0.4 is 10.5 Å². The average Bonchev–Trinajstić information content (AvgIpc) is 3.40. The van der Waals surface area contributed by atoms with Gasteiger partial charge in [-0.3, -0.25) is 4.90 Å². The molecule has 2 saturated heterocycles. The number of primary amides is 1. The van der Waals surface area contributed by atoms with Crippen LogP contribution in [0.4, 0.5) is 4.79 Å². The molecule has 7 nitrogen and oxygen atoms in total. The third-order valence-electron chi connectivity index (χ3n) is 5.60. The van der Waals surface area contributed by atoms with E-state index in [1.165, 1.54) is 16.9 Å². The number of benzene rings is 1. The number of nitrogens with two attached hydrogens (primary N) is 1. The van der Waals surface area contributed by atoms with Crippen molar-refractivity contribution in [2.75, 3.05) is 19.6 Å². The van der Waals surface area contributed by atoms with E-state index in [0.717, 1.165) is 42.9 Å². The molecule has 0 aliphatic carbocycles. The number of amides is 2. The summed E-state index contributed by atoms with van der Waals surface area (Å²) in [6, 6.07) is 12.5. The molecule has 0 radical (unpaired) electrons. The van der Waals surface area contributed by atoms with Crippen LogP contribution >= 0.6 is 11.3 Å². The van der Waals surface area contributed by atoms with Crippen molar-refractivity contribution in [3.05, 3.63) is 48.2 Å². The Bertz CT molecular complexity index is 972. The van der Waals surface area contributed by atoms with Gasteiger partial charge in [-0.25, -0.2) is 9.78 Å². The van der Waals surface area contributed by atoms with Crippen LogP contribution in [0.15, 0.2) is 42.6 Å². The maximum Gasteiger partial charge on any atom is 0.315 e. The highest BCUT2D eigenvalue weighted by Gasteiger charge is 2.44. The molecular formula is C20H21N5O2S. The highest BCUT2D eigenvalue weighted by atomic mass is 32.1. The second-order valence-electron chi connectivity index (χ2n) is 7.33. The lowest BCUT2D eigenvalue weighted by atomic mass is 10.1. The quantitative estimate of drug-likeness (QED) is 0.718. The fraction of sp³-hybridized carbons (Fsp3) is 0.350. The predicted molar refractivity (Wildman–Crippen MR) is 108 cm³/mol. The third-order valence-corrected chi connectivity index (χ3v) is 6.49. The van der Waals surface area contributed by atoms with Gasteiger partial charge in [-0.2, -0.15) is 4.98 Å². The number of hydrogen-bond donors (Lipinski definition) is 1. The summed E-state index contributed by atoms with van der Waals surface area (Å²) in [7, 11) is 0. The molecule has 5 rings (SSSR count). The number of carbonyl (C=O) groups is 1. The van der Waals surface area contributed by atoms with Crippen LogP contribution in [-0.4, -0.2) is 57.5 Å². The van der Waals surface area contributed by atoms with Crippen LogP contribution in [0.1, 0.15) is 12.0 Å². The molecule has 28 heavy (non-hydrogen) atoms. The van der Waals surface area contributed by atoms with Gasteiger partial charge in [-0.05, 0) is 42.7 Å². The molecule has 4 heterocycles. The summed E-state index contributed by atoms with van der Waals surface area (Å²) < 4.78 is 6.90. The molecule has 2 N–H and O–H groups in total. The van der Waals surface area contributed by atoms with Gasteiger partial charge in [-0.1, -0.05) is 23.5 Å². The van der Waals surface area contributed by atoms with Gasteiger partial charge >= 0.3 is 6.03 Å². The standard InChI is InChI=1S/C20H21N5O2S/c21-19(26)25-12-14-10-15(25)11-24(14)9-7-13-3-5-16(6-4-13)27-20-23-18-17(28-20)2-1-8-22-18/h1-6,8,14-15H,7,9-12H2,(H2,21,26). The third kappa shape index (κ3) is 3.29. The van der Waals surface area contributed by atoms with Crippen molar-refractivity contribution in [3.63, 3.8) is 0 Å². The predicted octanol–water partition coefficient (Wildman–Crippen LogP) is 2.86. The second kappa shape index (κ2) is 7.03. The monoisotopic (exact) mass is 395 g/mol. The molecule has 2 bridgehead atoms. The lowest BCUT2D eigenvalue weighted by molar-refractivity contribution is 0.142. The molecule has 2 unspecified atom stereocenters. The van der Waals surface area contributed by atoms with Crippen LogP contribution in [0.25, 0.3) is 10.3 Å². The molecule has 3 aromatic rings. The van der Waals surface area contributed by atoms with Crippen LogP contribution in [0.3, 0.4) is 0 Å². The number of rotatable bonds is 5. The minimum atomic E-state index is -0.286. The van der Waals surface area contributed by atoms with Crippen molar-refractivity contribution in [1.82, 2.24) is 19.8 Å². The van der Waals surface area contributed by atoms with Crippen LogP contribution in [0, 0.1) is 0 Å². The molecule has 0 spiro atoms. The number of carbonyl (C=O) groups excluding carboxylic acids is 1. The van der Waals surface area contributed by atoms with Gasteiger partial charge in [0.25, 0.3) is 5.19 Å². The maximum atomic E-state index is 11.4. The van der Waals surface area contributed by atoms with E-state index in [-0.39, 0.29) is 6.03 Å². The van der Waals surface area contributed by atoms with Gasteiger partial charge in [0.2, 0.25) is 0 Å². The topological polar surface area (TPSA) is 84.6 Å². The molecular weight excluding hydrogens is 374 g/mol. The van der Waals surface area contributed by atoms with Crippen LogP contribution in [-0.2, 0) is 6.42 Å². The van der Waals surface area contributed by atoms with Gasteiger partial charge in [0.05, 0.1) is 4.70 Å². The minimum Gasteiger partial charge on any atom is -0.431 e. The number of likely N-dealkylation sites (tertiary alicyclic amines) is 2. The van der Waals surface area contributed by atoms with Gasteiger partial charge in [0.15, 0.2) is 5.65 Å². The first-order chi connectivity index (χ1) is 13.7. The smallest absolute Gasteiger partial charge is 0.315 e. The van der Waals surface area contributed by atoms with E-state index in [4.69, 9.17) is 10.5 Å². The molecule has 2 aromatic heterocycles. The summed E-state index contributed by atoms with van der Waals surface area (Å²) in [5, 5.41) is 0.605. The first-order valence-corrected chi connectivity index (χ1v) is 10.3. The van der Waals surface area contributed by atoms with Crippen molar-refractivity contribution < 1.29 is 9.53 Å². The molecule has 2 atom stereocenters. The number of hydrogen-bond acceptors (Lipinski definition) is 6. The highest BCUT2D eigenvalue weighted by molar-refractivity contribution is 7.20. The molecule has 144 valence electrons. The Hall–Kier alpha value is -2.71. The number of fused-ring (bicyclic) bond motifs is 3. The van der Waals surface area contributed by atoms with Gasteiger partial charge in [-0.15, -0.1) is 0 Å². The summed E-state index contributed by atoms with van der Waals surface area (Å²) in [6.07, 6.45) is 3.76. The van der Waals surface area contributed by atoms with Crippen molar-refractivity contribution in [2.45, 2.75) is 24.9 Å². The molecule has 2 aliphatic heterocycles. The number of thiazole rings is 1. The molecule has 2 aliphatic rings. The summed E-state index contributed by atoms with van der Waals surface area (Å²) in [6.45, 7) is 2.70. The van der Waals surface area contributed by atoms with Gasteiger partial charge < -0.3 is 15.4 Å². The van der Waals surface area contributed by atoms with Gasteiger partial charge in [0.1, 0.15) is 5.75 Å². The number of ether oxygens (including phenoxy) is 1. The van der Waals surface area contributed by atoms with Crippen molar-refractivity contribution >= 4 is 27.7 Å². The van der Waals surface area contributed by atoms with Crippen LogP contribution in [0.5, 0.6) is 10.9 Å². The average molecular weight is 395 g/mol. The molecule has 8 heteroatoms. The largest absolute Gasteiger partial charge is 0.431 e. The number of aromatic nitrogens is 2. The minimum absolute atomic E-state index is 0.286. The molecule has 1 aromatic carbocycles.